The van der Waals surface area contributed by atoms with E-state index in [1.165, 1.54) is 13.3 Å². The number of H-pyrrole nitrogens is 2. The Labute approximate surface area is 100.0 Å². The average Bonchev–Trinajstić information content (AvgIpc) is 2.76. The molecular formula is C9H10N4O3S. The third-order valence-corrected chi connectivity index (χ3v) is 3.08. The molecule has 1 atom stereocenters. The summed E-state index contributed by atoms with van der Waals surface area (Å²) >= 11 is 1.12. The highest BCUT2D eigenvalue weighted by Gasteiger charge is 2.16. The minimum atomic E-state index is -0.441. The molecule has 0 aliphatic heterocycles. The van der Waals surface area contributed by atoms with Crippen molar-refractivity contribution in [2.75, 3.05) is 7.11 Å². The number of methoxy groups -OCH3 is 1. The first-order chi connectivity index (χ1) is 8.11. The number of aromatic amines is 2. The van der Waals surface area contributed by atoms with Crippen LogP contribution in [0.1, 0.15) is 6.92 Å². The molecule has 0 saturated carbocycles. The first-order valence-corrected chi connectivity index (χ1v) is 5.67. The highest BCUT2D eigenvalue weighted by Crippen LogP contribution is 2.19. The summed E-state index contributed by atoms with van der Waals surface area (Å²) in [5, 5.41) is 6.63. The first kappa shape index (κ1) is 11.6. The number of ether oxygens (including phenoxy) is 1. The van der Waals surface area contributed by atoms with Crippen LogP contribution in [0.15, 0.2) is 16.1 Å². The summed E-state index contributed by atoms with van der Waals surface area (Å²) in [4.78, 5) is 29.5. The number of carbonyl (C=O) groups excluding carboxylic acids is 1. The van der Waals surface area contributed by atoms with E-state index in [1.54, 1.807) is 6.92 Å². The molecule has 0 aromatic carbocycles. The van der Waals surface area contributed by atoms with Crippen molar-refractivity contribution in [3.63, 3.8) is 0 Å². The number of fused-ring (bicyclic) bond motifs is 1. The van der Waals surface area contributed by atoms with Crippen LogP contribution in [0.4, 0.5) is 0 Å². The molecule has 90 valence electrons. The van der Waals surface area contributed by atoms with Crippen molar-refractivity contribution in [2.45, 2.75) is 17.3 Å². The molecule has 7 nitrogen and oxygen atoms in total. The molecule has 0 saturated heterocycles. The van der Waals surface area contributed by atoms with E-state index >= 15 is 0 Å². The summed E-state index contributed by atoms with van der Waals surface area (Å²) in [5.74, 6) is -0.373. The molecule has 1 unspecified atom stereocenters. The van der Waals surface area contributed by atoms with E-state index in [0.29, 0.717) is 16.2 Å². The first-order valence-electron chi connectivity index (χ1n) is 4.79. The van der Waals surface area contributed by atoms with E-state index in [4.69, 9.17) is 0 Å². The number of nitrogens with zero attached hydrogens (tertiary/aromatic N) is 2. The Morgan fingerprint density at radius 3 is 3.06 bits per heavy atom. The number of hydrogen-bond donors (Lipinski definition) is 2. The molecule has 2 N–H and O–H groups in total. The third-order valence-electron chi connectivity index (χ3n) is 2.12. The second-order valence-corrected chi connectivity index (χ2v) is 4.62. The Kier molecular flexibility index (Phi) is 3.14. The maximum Gasteiger partial charge on any atom is 0.318 e. The Bertz CT molecular complexity index is 606. The van der Waals surface area contributed by atoms with Crippen molar-refractivity contribution in [2.24, 2.45) is 0 Å². The zero-order valence-electron chi connectivity index (χ0n) is 9.18. The van der Waals surface area contributed by atoms with E-state index in [2.05, 4.69) is 24.9 Å². The number of carbonyl (C=O) groups is 1. The fourth-order valence-electron chi connectivity index (χ4n) is 1.26. The van der Waals surface area contributed by atoms with Gasteiger partial charge in [0, 0.05) is 0 Å². The predicted octanol–water partition coefficient (Wildman–Crippen LogP) is 0.300. The van der Waals surface area contributed by atoms with Gasteiger partial charge in [-0.05, 0) is 6.92 Å². The maximum atomic E-state index is 11.6. The summed E-state index contributed by atoms with van der Waals surface area (Å²) in [6.07, 6.45) is 1.40. The van der Waals surface area contributed by atoms with Gasteiger partial charge >= 0.3 is 5.97 Å². The van der Waals surface area contributed by atoms with E-state index < -0.39 is 5.25 Å². The quantitative estimate of drug-likeness (QED) is 0.464. The van der Waals surface area contributed by atoms with Gasteiger partial charge in [0.05, 0.1) is 13.3 Å². The standard InChI is InChI=1S/C9H10N4O3S/c1-4(8(15)16-2)17-9-11-6-5(3-10-13-6)7(14)12-9/h3-4H,1-2H3,(H2,10,11,12,13,14). The summed E-state index contributed by atoms with van der Waals surface area (Å²) in [7, 11) is 1.31. The van der Waals surface area contributed by atoms with Crippen LogP contribution in [0.2, 0.25) is 0 Å². The van der Waals surface area contributed by atoms with Crippen molar-refractivity contribution in [1.82, 2.24) is 20.2 Å². The Morgan fingerprint density at radius 2 is 2.35 bits per heavy atom. The molecule has 0 aliphatic carbocycles. The van der Waals surface area contributed by atoms with Crippen LogP contribution >= 0.6 is 11.8 Å². The van der Waals surface area contributed by atoms with Gasteiger partial charge in [-0.25, -0.2) is 4.98 Å². The third kappa shape index (κ3) is 2.31. The summed E-state index contributed by atoms with van der Waals surface area (Å²) < 4.78 is 4.59. The fourth-order valence-corrected chi connectivity index (χ4v) is 2.08. The predicted molar refractivity (Wildman–Crippen MR) is 61.8 cm³/mol. The number of nitrogens with one attached hydrogen (secondary N) is 2. The van der Waals surface area contributed by atoms with Crippen LogP contribution in [0.25, 0.3) is 11.0 Å². The molecule has 2 rings (SSSR count). The van der Waals surface area contributed by atoms with Crippen LogP contribution in [0, 0.1) is 0 Å². The minimum absolute atomic E-state index is 0.289. The average molecular weight is 254 g/mol. The lowest BCUT2D eigenvalue weighted by Gasteiger charge is -2.07. The molecular weight excluding hydrogens is 244 g/mol. The summed E-state index contributed by atoms with van der Waals surface area (Å²) in [6, 6.07) is 0. The number of thioether (sulfide) groups is 1. The van der Waals surface area contributed by atoms with Gasteiger partial charge in [-0.1, -0.05) is 11.8 Å². The van der Waals surface area contributed by atoms with Crippen LogP contribution in [0.5, 0.6) is 0 Å². The fraction of sp³-hybridized carbons (Fsp3) is 0.333. The molecule has 0 bridgehead atoms. The zero-order chi connectivity index (χ0) is 12.4. The lowest BCUT2D eigenvalue weighted by molar-refractivity contribution is -0.139. The normalized spacial score (nSPS) is 12.6. The lowest BCUT2D eigenvalue weighted by atomic mass is 10.4. The lowest BCUT2D eigenvalue weighted by Crippen LogP contribution is -2.16. The molecule has 0 radical (unpaired) electrons. The number of rotatable bonds is 3. The topological polar surface area (TPSA) is 101 Å². The van der Waals surface area contributed by atoms with Crippen LogP contribution in [-0.4, -0.2) is 38.5 Å². The van der Waals surface area contributed by atoms with Gasteiger partial charge in [0.2, 0.25) is 0 Å². The van der Waals surface area contributed by atoms with Gasteiger partial charge in [-0.3, -0.25) is 14.7 Å². The van der Waals surface area contributed by atoms with Gasteiger partial charge < -0.3 is 9.72 Å². The molecule has 2 heterocycles. The molecule has 0 aliphatic rings. The van der Waals surface area contributed by atoms with Crippen molar-refractivity contribution in [3.05, 3.63) is 16.6 Å². The smallest absolute Gasteiger partial charge is 0.318 e. The maximum absolute atomic E-state index is 11.6. The zero-order valence-corrected chi connectivity index (χ0v) is 10.00. The molecule has 8 heteroatoms. The largest absolute Gasteiger partial charge is 0.468 e. The monoisotopic (exact) mass is 254 g/mol. The van der Waals surface area contributed by atoms with Gasteiger partial charge in [-0.15, -0.1) is 0 Å². The van der Waals surface area contributed by atoms with E-state index in [9.17, 15) is 9.59 Å². The van der Waals surface area contributed by atoms with Gasteiger partial charge in [0.25, 0.3) is 5.56 Å². The van der Waals surface area contributed by atoms with Crippen molar-refractivity contribution in [1.29, 1.82) is 0 Å². The van der Waals surface area contributed by atoms with Gasteiger partial charge in [0.1, 0.15) is 10.6 Å². The molecule has 17 heavy (non-hydrogen) atoms. The Balaban J connectivity index is 2.30. The van der Waals surface area contributed by atoms with Crippen molar-refractivity contribution < 1.29 is 9.53 Å². The number of hydrogen-bond acceptors (Lipinski definition) is 6. The van der Waals surface area contributed by atoms with Gasteiger partial charge in [0.15, 0.2) is 10.8 Å². The SMILES string of the molecule is COC(=O)C(C)Sc1nc2[nH]ncc2c(=O)[nH]1. The second kappa shape index (κ2) is 4.58. The molecule has 0 amide bonds. The number of aromatic nitrogens is 4. The van der Waals surface area contributed by atoms with Gasteiger partial charge in [-0.2, -0.15) is 5.10 Å². The van der Waals surface area contributed by atoms with Crippen LogP contribution < -0.4 is 5.56 Å². The second-order valence-electron chi connectivity index (χ2n) is 3.29. The molecule has 0 fully saturated rings. The molecule has 2 aromatic heterocycles. The minimum Gasteiger partial charge on any atom is -0.468 e. The highest BCUT2D eigenvalue weighted by atomic mass is 32.2. The number of esters is 1. The van der Waals surface area contributed by atoms with Crippen LogP contribution in [-0.2, 0) is 9.53 Å². The molecule has 2 aromatic rings. The van der Waals surface area contributed by atoms with Crippen molar-refractivity contribution in [3.8, 4) is 0 Å². The summed E-state index contributed by atoms with van der Waals surface area (Å²) in [6.45, 7) is 1.67. The Morgan fingerprint density at radius 1 is 1.59 bits per heavy atom. The van der Waals surface area contributed by atoms with E-state index in [0.717, 1.165) is 11.8 Å². The summed E-state index contributed by atoms with van der Waals surface area (Å²) in [5.41, 5.74) is 0.108. The van der Waals surface area contributed by atoms with Crippen LogP contribution in [0.3, 0.4) is 0 Å². The van der Waals surface area contributed by atoms with E-state index in [1.807, 2.05) is 0 Å². The highest BCUT2D eigenvalue weighted by molar-refractivity contribution is 8.00. The molecule has 0 spiro atoms. The van der Waals surface area contributed by atoms with Crippen molar-refractivity contribution >= 4 is 28.8 Å². The Hall–Kier alpha value is -1.83. The van der Waals surface area contributed by atoms with E-state index in [-0.39, 0.29) is 11.5 Å².